The Labute approximate surface area is 180 Å². The number of rotatable bonds is 8. The van der Waals surface area contributed by atoms with Gasteiger partial charge in [0, 0.05) is 6.61 Å². The molecule has 0 radical (unpaired) electrons. The zero-order valence-electron chi connectivity index (χ0n) is 19.1. The zero-order chi connectivity index (χ0) is 20.1. The van der Waals surface area contributed by atoms with Crippen LogP contribution in [0.4, 0.5) is 0 Å². The summed E-state index contributed by atoms with van der Waals surface area (Å²) in [7, 11) is 0. The summed E-state index contributed by atoms with van der Waals surface area (Å²) in [5.74, 6) is 3.89. The van der Waals surface area contributed by atoms with Crippen LogP contribution < -0.4 is 0 Å². The second-order valence-electron chi connectivity index (χ2n) is 10.4. The predicted octanol–water partition coefficient (Wildman–Crippen LogP) is 7.54. The van der Waals surface area contributed by atoms with Gasteiger partial charge in [0.05, 0.1) is 6.10 Å². The molecule has 1 nitrogen and oxygen atoms in total. The van der Waals surface area contributed by atoms with Gasteiger partial charge in [-0.1, -0.05) is 44.4 Å². The molecule has 3 aliphatic rings. The van der Waals surface area contributed by atoms with Crippen LogP contribution in [0.25, 0.3) is 0 Å². The molecular formula is C28H44O. The van der Waals surface area contributed by atoms with Crippen LogP contribution in [0.2, 0.25) is 0 Å². The Morgan fingerprint density at radius 1 is 0.793 bits per heavy atom. The van der Waals surface area contributed by atoms with Crippen molar-refractivity contribution < 1.29 is 4.74 Å². The smallest absolute Gasteiger partial charge is 0.0577 e. The molecule has 0 aromatic heterocycles. The third kappa shape index (κ3) is 5.46. The molecular weight excluding hydrogens is 352 g/mol. The minimum atomic E-state index is 0.565. The van der Waals surface area contributed by atoms with Gasteiger partial charge in [-0.25, -0.2) is 0 Å². The van der Waals surface area contributed by atoms with Gasteiger partial charge in [-0.3, -0.25) is 0 Å². The molecule has 29 heavy (non-hydrogen) atoms. The highest BCUT2D eigenvalue weighted by atomic mass is 16.5. The van der Waals surface area contributed by atoms with Gasteiger partial charge in [-0.05, 0) is 118 Å². The molecule has 4 rings (SSSR count). The van der Waals surface area contributed by atoms with Crippen molar-refractivity contribution in [1.82, 2.24) is 0 Å². The lowest BCUT2D eigenvalue weighted by atomic mass is 9.62. The van der Waals surface area contributed by atoms with E-state index in [0.29, 0.717) is 6.10 Å². The molecule has 1 aromatic carbocycles. The highest BCUT2D eigenvalue weighted by Gasteiger charge is 2.38. The van der Waals surface area contributed by atoms with E-state index in [1.54, 1.807) is 16.7 Å². The van der Waals surface area contributed by atoms with Gasteiger partial charge < -0.3 is 4.74 Å². The minimum absolute atomic E-state index is 0.565. The lowest BCUT2D eigenvalue weighted by Gasteiger charge is -2.44. The van der Waals surface area contributed by atoms with Crippen LogP contribution in [-0.4, -0.2) is 12.7 Å². The van der Waals surface area contributed by atoms with Crippen molar-refractivity contribution in [2.24, 2.45) is 23.7 Å². The maximum absolute atomic E-state index is 5.96. The third-order valence-electron chi connectivity index (χ3n) is 8.53. The number of unbranched alkanes of at least 4 members (excludes halogenated alkanes) is 3. The van der Waals surface area contributed by atoms with Gasteiger partial charge in [-0.15, -0.1) is 0 Å². The molecule has 0 amide bonds. The molecule has 5 atom stereocenters. The first-order valence-corrected chi connectivity index (χ1v) is 13.0. The molecule has 1 aromatic rings. The van der Waals surface area contributed by atoms with Crippen LogP contribution in [0.3, 0.4) is 0 Å². The van der Waals surface area contributed by atoms with E-state index >= 15 is 0 Å². The van der Waals surface area contributed by atoms with E-state index in [4.69, 9.17) is 4.74 Å². The number of hydrogen-bond donors (Lipinski definition) is 0. The minimum Gasteiger partial charge on any atom is -0.378 e. The molecule has 2 saturated carbocycles. The second kappa shape index (κ2) is 10.5. The second-order valence-corrected chi connectivity index (χ2v) is 10.4. The van der Waals surface area contributed by atoms with Crippen LogP contribution in [0.15, 0.2) is 18.2 Å². The van der Waals surface area contributed by atoms with Crippen molar-refractivity contribution in [3.8, 4) is 0 Å². The van der Waals surface area contributed by atoms with Crippen molar-refractivity contribution in [3.63, 3.8) is 0 Å². The van der Waals surface area contributed by atoms with E-state index in [-0.39, 0.29) is 0 Å². The highest BCUT2D eigenvalue weighted by Crippen LogP contribution is 2.47. The van der Waals surface area contributed by atoms with Crippen molar-refractivity contribution >= 4 is 0 Å². The molecule has 1 heteroatoms. The monoisotopic (exact) mass is 396 g/mol. The Balaban J connectivity index is 1.29. The molecule has 0 saturated heterocycles. The number of aryl methyl sites for hydroxylation is 2. The third-order valence-corrected chi connectivity index (χ3v) is 8.53. The summed E-state index contributed by atoms with van der Waals surface area (Å²) in [5.41, 5.74) is 4.95. The quantitative estimate of drug-likeness (QED) is 0.412. The standard InChI is InChI=1S/C28H44O/c1-3-5-6-7-8-21-9-10-23-18-24(12-11-22(23)17-21)25-13-14-27-20-28(29-4-2)16-15-26(27)19-25/h9-10,17,24-28H,3-8,11-16,18-20H2,1-2H3. The van der Waals surface area contributed by atoms with Crippen LogP contribution in [0.5, 0.6) is 0 Å². The fraction of sp³-hybridized carbons (Fsp3) is 0.786. The average molecular weight is 397 g/mol. The van der Waals surface area contributed by atoms with Crippen molar-refractivity contribution in [2.75, 3.05) is 6.61 Å². The van der Waals surface area contributed by atoms with E-state index < -0.39 is 0 Å². The van der Waals surface area contributed by atoms with E-state index in [1.807, 2.05) is 0 Å². The van der Waals surface area contributed by atoms with E-state index in [0.717, 1.165) is 30.3 Å². The van der Waals surface area contributed by atoms with Gasteiger partial charge >= 0.3 is 0 Å². The Morgan fingerprint density at radius 2 is 1.59 bits per heavy atom. The van der Waals surface area contributed by atoms with Gasteiger partial charge in [0.25, 0.3) is 0 Å². The normalized spacial score (nSPS) is 31.9. The lowest BCUT2D eigenvalue weighted by molar-refractivity contribution is -0.0192. The number of ether oxygens (including phenoxy) is 1. The molecule has 0 heterocycles. The Kier molecular flexibility index (Phi) is 7.73. The molecule has 162 valence electrons. The largest absolute Gasteiger partial charge is 0.378 e. The van der Waals surface area contributed by atoms with Crippen LogP contribution in [-0.2, 0) is 24.0 Å². The number of fused-ring (bicyclic) bond motifs is 2. The molecule has 3 aliphatic carbocycles. The summed E-state index contributed by atoms with van der Waals surface area (Å²) in [6.45, 7) is 5.35. The SMILES string of the molecule is CCCCCCc1ccc2c(c1)CCC(C1CCC3CC(OCC)CCC3C1)C2. The lowest BCUT2D eigenvalue weighted by Crippen LogP contribution is -2.37. The first-order valence-electron chi connectivity index (χ1n) is 13.0. The number of hydrogen-bond acceptors (Lipinski definition) is 1. The van der Waals surface area contributed by atoms with Crippen molar-refractivity contribution in [2.45, 2.75) is 110 Å². The van der Waals surface area contributed by atoms with Crippen LogP contribution in [0.1, 0.15) is 101 Å². The highest BCUT2D eigenvalue weighted by molar-refractivity contribution is 5.34. The van der Waals surface area contributed by atoms with Gasteiger partial charge in [-0.2, -0.15) is 0 Å². The van der Waals surface area contributed by atoms with E-state index in [2.05, 4.69) is 32.0 Å². The summed E-state index contributed by atoms with van der Waals surface area (Å²) < 4.78 is 5.96. The molecule has 0 bridgehead atoms. The zero-order valence-corrected chi connectivity index (χ0v) is 19.1. The van der Waals surface area contributed by atoms with Crippen molar-refractivity contribution in [1.29, 1.82) is 0 Å². The molecule has 0 spiro atoms. The summed E-state index contributed by atoms with van der Waals surface area (Å²) in [5, 5.41) is 0. The number of benzene rings is 1. The topological polar surface area (TPSA) is 9.23 Å². The fourth-order valence-corrected chi connectivity index (χ4v) is 6.85. The van der Waals surface area contributed by atoms with Crippen molar-refractivity contribution in [3.05, 3.63) is 34.9 Å². The van der Waals surface area contributed by atoms with Gasteiger partial charge in [0.2, 0.25) is 0 Å². The predicted molar refractivity (Wildman–Crippen MR) is 123 cm³/mol. The molecule has 0 aliphatic heterocycles. The Bertz CT molecular complexity index is 635. The van der Waals surface area contributed by atoms with E-state index in [9.17, 15) is 0 Å². The van der Waals surface area contributed by atoms with Gasteiger partial charge in [0.1, 0.15) is 0 Å². The summed E-state index contributed by atoms with van der Waals surface area (Å²) >= 11 is 0. The average Bonchev–Trinajstić information content (AvgIpc) is 2.76. The van der Waals surface area contributed by atoms with Crippen LogP contribution in [0, 0.1) is 23.7 Å². The summed E-state index contributed by atoms with van der Waals surface area (Å²) in [4.78, 5) is 0. The Hall–Kier alpha value is -0.820. The van der Waals surface area contributed by atoms with Crippen LogP contribution >= 0.6 is 0 Å². The maximum atomic E-state index is 5.96. The summed E-state index contributed by atoms with van der Waals surface area (Å²) in [6.07, 6.45) is 20.0. The molecule has 2 fully saturated rings. The fourth-order valence-electron chi connectivity index (χ4n) is 6.85. The maximum Gasteiger partial charge on any atom is 0.0577 e. The first-order chi connectivity index (χ1) is 14.3. The first kappa shape index (κ1) is 21.4. The van der Waals surface area contributed by atoms with Gasteiger partial charge in [0.15, 0.2) is 0 Å². The van der Waals surface area contributed by atoms with E-state index in [1.165, 1.54) is 89.9 Å². The molecule has 5 unspecified atom stereocenters. The Morgan fingerprint density at radius 3 is 2.41 bits per heavy atom. The molecule has 0 N–H and O–H groups in total. The summed E-state index contributed by atoms with van der Waals surface area (Å²) in [6, 6.07) is 7.50.